The highest BCUT2D eigenvalue weighted by molar-refractivity contribution is 7.89. The summed E-state index contributed by atoms with van der Waals surface area (Å²) in [4.78, 5) is 11.4. The highest BCUT2D eigenvalue weighted by Gasteiger charge is 2.32. The van der Waals surface area contributed by atoms with Crippen LogP contribution < -0.4 is 4.72 Å². The molecule has 6 nitrogen and oxygen atoms in total. The average molecular weight is 285 g/mol. The molecule has 0 amide bonds. The van der Waals surface area contributed by atoms with Gasteiger partial charge in [0.05, 0.1) is 23.7 Å². The molecule has 0 saturated heterocycles. The number of aliphatic hydroxyl groups is 1. The van der Waals surface area contributed by atoms with Crippen LogP contribution in [0.4, 0.5) is 0 Å². The molecule has 1 aromatic rings. The van der Waals surface area contributed by atoms with E-state index in [1.165, 1.54) is 25.3 Å². The first kappa shape index (κ1) is 14.0. The summed E-state index contributed by atoms with van der Waals surface area (Å²) in [5.74, 6) is -0.699. The van der Waals surface area contributed by atoms with Gasteiger partial charge in [0, 0.05) is 6.04 Å². The maximum Gasteiger partial charge on any atom is 0.339 e. The molecule has 0 unspecified atom stereocenters. The van der Waals surface area contributed by atoms with Crippen LogP contribution >= 0.6 is 0 Å². The lowest BCUT2D eigenvalue weighted by molar-refractivity contribution is 0.0594. The van der Waals surface area contributed by atoms with Gasteiger partial charge in [-0.25, -0.2) is 17.9 Å². The van der Waals surface area contributed by atoms with Gasteiger partial charge < -0.3 is 9.84 Å². The molecule has 0 heterocycles. The van der Waals surface area contributed by atoms with Crippen molar-refractivity contribution in [3.8, 4) is 0 Å². The standard InChI is InChI=1S/C12H15NO5S/c1-18-12(15)10-4-2-3-5-11(10)19(16,17)13-8-6-9(14)7-8/h2-5,8-9,13-14H,6-7H2,1H3. The lowest BCUT2D eigenvalue weighted by Crippen LogP contribution is -2.46. The Balaban J connectivity index is 2.27. The number of hydrogen-bond acceptors (Lipinski definition) is 5. The summed E-state index contributed by atoms with van der Waals surface area (Å²) in [5.41, 5.74) is -0.00243. The maximum atomic E-state index is 12.2. The van der Waals surface area contributed by atoms with E-state index in [9.17, 15) is 13.2 Å². The van der Waals surface area contributed by atoms with Crippen molar-refractivity contribution in [2.45, 2.75) is 29.9 Å². The van der Waals surface area contributed by atoms with Gasteiger partial charge in [-0.3, -0.25) is 0 Å². The first-order valence-electron chi connectivity index (χ1n) is 5.82. The molecule has 0 aliphatic heterocycles. The van der Waals surface area contributed by atoms with E-state index >= 15 is 0 Å². The van der Waals surface area contributed by atoms with E-state index < -0.39 is 22.1 Å². The van der Waals surface area contributed by atoms with Gasteiger partial charge in [0.15, 0.2) is 0 Å². The molecule has 1 fully saturated rings. The Morgan fingerprint density at radius 3 is 2.58 bits per heavy atom. The number of nitrogens with one attached hydrogen (secondary N) is 1. The largest absolute Gasteiger partial charge is 0.465 e. The monoisotopic (exact) mass is 285 g/mol. The summed E-state index contributed by atoms with van der Waals surface area (Å²) in [6, 6.07) is 5.57. The van der Waals surface area contributed by atoms with Crippen molar-refractivity contribution in [2.24, 2.45) is 0 Å². The summed E-state index contributed by atoms with van der Waals surface area (Å²) in [6.07, 6.45) is 0.322. The fourth-order valence-electron chi connectivity index (χ4n) is 1.95. The van der Waals surface area contributed by atoms with Gasteiger partial charge in [0.1, 0.15) is 0 Å². The third-order valence-corrected chi connectivity index (χ3v) is 4.60. The number of benzene rings is 1. The molecule has 0 bridgehead atoms. The molecule has 19 heavy (non-hydrogen) atoms. The van der Waals surface area contributed by atoms with Crippen LogP contribution in [0.5, 0.6) is 0 Å². The summed E-state index contributed by atoms with van der Waals surface area (Å²) in [6.45, 7) is 0. The molecule has 1 saturated carbocycles. The number of sulfonamides is 1. The van der Waals surface area contributed by atoms with Crippen LogP contribution in [0, 0.1) is 0 Å². The fourth-order valence-corrected chi connectivity index (χ4v) is 3.40. The Kier molecular flexibility index (Phi) is 3.88. The van der Waals surface area contributed by atoms with Gasteiger partial charge in [-0.05, 0) is 25.0 Å². The number of methoxy groups -OCH3 is 1. The average Bonchev–Trinajstić information content (AvgIpc) is 2.36. The third-order valence-electron chi connectivity index (χ3n) is 3.02. The molecule has 0 spiro atoms. The summed E-state index contributed by atoms with van der Waals surface area (Å²) < 4.78 is 31.4. The van der Waals surface area contributed by atoms with Crippen molar-refractivity contribution in [3.63, 3.8) is 0 Å². The Labute approximate surface area is 111 Å². The zero-order valence-corrected chi connectivity index (χ0v) is 11.2. The van der Waals surface area contributed by atoms with Crippen LogP contribution in [0.1, 0.15) is 23.2 Å². The van der Waals surface area contributed by atoms with E-state index in [4.69, 9.17) is 5.11 Å². The van der Waals surface area contributed by atoms with Gasteiger partial charge in [0.25, 0.3) is 0 Å². The van der Waals surface area contributed by atoms with E-state index in [-0.39, 0.29) is 16.5 Å². The predicted molar refractivity (Wildman–Crippen MR) is 67.1 cm³/mol. The van der Waals surface area contributed by atoms with E-state index in [0.29, 0.717) is 12.8 Å². The molecule has 2 N–H and O–H groups in total. The molecule has 1 aromatic carbocycles. The lowest BCUT2D eigenvalue weighted by Gasteiger charge is -2.31. The first-order chi connectivity index (χ1) is 8.94. The summed E-state index contributed by atoms with van der Waals surface area (Å²) in [5, 5.41) is 9.16. The Hall–Kier alpha value is -1.44. The van der Waals surface area contributed by atoms with E-state index in [0.717, 1.165) is 0 Å². The Morgan fingerprint density at radius 2 is 2.00 bits per heavy atom. The molecule has 7 heteroatoms. The quantitative estimate of drug-likeness (QED) is 0.775. The minimum Gasteiger partial charge on any atom is -0.465 e. The minimum atomic E-state index is -3.79. The molecule has 104 valence electrons. The predicted octanol–water partition coefficient (Wildman–Crippen LogP) is 0.275. The van der Waals surface area contributed by atoms with Gasteiger partial charge >= 0.3 is 5.97 Å². The highest BCUT2D eigenvalue weighted by atomic mass is 32.2. The van der Waals surface area contributed by atoms with Crippen molar-refractivity contribution in [3.05, 3.63) is 29.8 Å². The second-order valence-electron chi connectivity index (χ2n) is 4.43. The second-order valence-corrected chi connectivity index (χ2v) is 6.11. The molecule has 0 aromatic heterocycles. The van der Waals surface area contributed by atoms with Crippen molar-refractivity contribution < 1.29 is 23.1 Å². The van der Waals surface area contributed by atoms with Crippen LogP contribution in [-0.2, 0) is 14.8 Å². The number of carbonyl (C=O) groups is 1. The fraction of sp³-hybridized carbons (Fsp3) is 0.417. The number of hydrogen-bond donors (Lipinski definition) is 2. The van der Waals surface area contributed by atoms with Crippen molar-refractivity contribution in [2.75, 3.05) is 7.11 Å². The van der Waals surface area contributed by atoms with Crippen LogP contribution in [0.2, 0.25) is 0 Å². The zero-order valence-electron chi connectivity index (χ0n) is 10.4. The molecule has 1 aliphatic rings. The SMILES string of the molecule is COC(=O)c1ccccc1S(=O)(=O)NC1CC(O)C1. The number of ether oxygens (including phenoxy) is 1. The van der Waals surface area contributed by atoms with E-state index in [1.54, 1.807) is 6.07 Å². The summed E-state index contributed by atoms with van der Waals surface area (Å²) in [7, 11) is -2.60. The third kappa shape index (κ3) is 2.94. The minimum absolute atomic E-state index is 0.00243. The number of carbonyl (C=O) groups excluding carboxylic acids is 1. The Bertz CT molecular complexity index is 578. The van der Waals surface area contributed by atoms with E-state index in [2.05, 4.69) is 9.46 Å². The highest BCUT2D eigenvalue weighted by Crippen LogP contribution is 2.23. The van der Waals surface area contributed by atoms with Gasteiger partial charge in [0.2, 0.25) is 10.0 Å². The van der Waals surface area contributed by atoms with Crippen molar-refractivity contribution in [1.82, 2.24) is 4.72 Å². The lowest BCUT2D eigenvalue weighted by atomic mass is 9.91. The van der Waals surface area contributed by atoms with Crippen molar-refractivity contribution in [1.29, 1.82) is 0 Å². The normalized spacial score (nSPS) is 22.6. The van der Waals surface area contributed by atoms with Crippen LogP contribution in [0.3, 0.4) is 0 Å². The number of rotatable bonds is 4. The van der Waals surface area contributed by atoms with E-state index in [1.807, 2.05) is 0 Å². The second kappa shape index (κ2) is 5.28. The van der Waals surface area contributed by atoms with Crippen LogP contribution in [0.25, 0.3) is 0 Å². The van der Waals surface area contributed by atoms with Gasteiger partial charge in [-0.15, -0.1) is 0 Å². The zero-order chi connectivity index (χ0) is 14.0. The molecule has 2 rings (SSSR count). The molecule has 0 radical (unpaired) electrons. The Morgan fingerprint density at radius 1 is 1.37 bits per heavy atom. The number of esters is 1. The van der Waals surface area contributed by atoms with Gasteiger partial charge in [-0.1, -0.05) is 12.1 Å². The van der Waals surface area contributed by atoms with Gasteiger partial charge in [-0.2, -0.15) is 0 Å². The number of aliphatic hydroxyl groups excluding tert-OH is 1. The first-order valence-corrected chi connectivity index (χ1v) is 7.30. The molecule has 0 atom stereocenters. The molecular formula is C12H15NO5S. The van der Waals surface area contributed by atoms with Crippen molar-refractivity contribution >= 4 is 16.0 Å². The topological polar surface area (TPSA) is 92.7 Å². The smallest absolute Gasteiger partial charge is 0.339 e. The van der Waals surface area contributed by atoms with Crippen LogP contribution in [0.15, 0.2) is 29.2 Å². The maximum absolute atomic E-state index is 12.2. The molecule has 1 aliphatic carbocycles. The summed E-state index contributed by atoms with van der Waals surface area (Å²) >= 11 is 0. The van der Waals surface area contributed by atoms with Crippen LogP contribution in [-0.4, -0.2) is 38.7 Å². The molecular weight excluding hydrogens is 270 g/mol.